The largest absolute Gasteiger partial charge is 0.353 e. The van der Waals surface area contributed by atoms with Gasteiger partial charge in [-0.3, -0.25) is 9.88 Å². The molecule has 0 radical (unpaired) electrons. The second-order valence-corrected chi connectivity index (χ2v) is 7.17. The molecule has 5 nitrogen and oxygen atoms in total. The van der Waals surface area contributed by atoms with Crippen LogP contribution in [-0.4, -0.2) is 52.6 Å². The van der Waals surface area contributed by atoms with Crippen LogP contribution >= 0.6 is 0 Å². The van der Waals surface area contributed by atoms with Gasteiger partial charge in [0.25, 0.3) is 0 Å². The van der Waals surface area contributed by atoms with E-state index in [4.69, 9.17) is 0 Å². The van der Waals surface area contributed by atoms with Gasteiger partial charge in [-0.05, 0) is 33.6 Å². The number of aromatic nitrogens is 2. The normalized spacial score (nSPS) is 20.8. The number of hydrogen-bond acceptors (Lipinski definition) is 5. The predicted octanol–water partition coefficient (Wildman–Crippen LogP) is 1.65. The van der Waals surface area contributed by atoms with Gasteiger partial charge >= 0.3 is 0 Å². The Hall–Kier alpha value is -1.20. The quantitative estimate of drug-likeness (QED) is 0.913. The standard InChI is InChI=1S/C16H27N5/c1-16(2,3)21-8-6-20(7-9-21)15-12-18-14(11-19-15)10-17-13-4-5-13/h11-13,17H,4-10H2,1-3H3. The Labute approximate surface area is 127 Å². The van der Waals surface area contributed by atoms with Gasteiger partial charge in [-0.2, -0.15) is 0 Å². The van der Waals surface area contributed by atoms with Crippen LogP contribution in [0.3, 0.4) is 0 Å². The minimum atomic E-state index is 0.260. The minimum Gasteiger partial charge on any atom is -0.353 e. The van der Waals surface area contributed by atoms with E-state index in [0.717, 1.165) is 50.3 Å². The van der Waals surface area contributed by atoms with E-state index >= 15 is 0 Å². The molecule has 1 saturated carbocycles. The molecule has 2 aliphatic rings. The Morgan fingerprint density at radius 1 is 1.10 bits per heavy atom. The van der Waals surface area contributed by atoms with Gasteiger partial charge in [-0.25, -0.2) is 4.98 Å². The zero-order valence-corrected chi connectivity index (χ0v) is 13.5. The summed E-state index contributed by atoms with van der Waals surface area (Å²) in [5, 5.41) is 3.47. The number of piperazine rings is 1. The zero-order chi connectivity index (χ0) is 14.9. The Morgan fingerprint density at radius 3 is 2.33 bits per heavy atom. The maximum atomic E-state index is 4.59. The van der Waals surface area contributed by atoms with E-state index in [1.165, 1.54) is 12.8 Å². The van der Waals surface area contributed by atoms with Gasteiger partial charge in [0.1, 0.15) is 5.82 Å². The number of nitrogens with zero attached hydrogens (tertiary/aromatic N) is 4. The molecule has 21 heavy (non-hydrogen) atoms. The second-order valence-electron chi connectivity index (χ2n) is 7.17. The second kappa shape index (κ2) is 5.89. The highest BCUT2D eigenvalue weighted by atomic mass is 15.3. The molecule has 1 aliphatic heterocycles. The molecule has 1 N–H and O–H groups in total. The molecule has 1 saturated heterocycles. The van der Waals surface area contributed by atoms with Crippen LogP contribution < -0.4 is 10.2 Å². The summed E-state index contributed by atoms with van der Waals surface area (Å²) < 4.78 is 0. The maximum absolute atomic E-state index is 4.59. The van der Waals surface area contributed by atoms with Crippen LogP contribution in [0.15, 0.2) is 12.4 Å². The fourth-order valence-electron chi connectivity index (χ4n) is 2.75. The van der Waals surface area contributed by atoms with E-state index in [2.05, 4.69) is 45.9 Å². The summed E-state index contributed by atoms with van der Waals surface area (Å²) in [5.74, 6) is 1.01. The van der Waals surface area contributed by atoms with Gasteiger partial charge in [0, 0.05) is 44.3 Å². The molecule has 1 aliphatic carbocycles. The van der Waals surface area contributed by atoms with Gasteiger partial charge in [0.2, 0.25) is 0 Å². The molecule has 0 spiro atoms. The van der Waals surface area contributed by atoms with Crippen LogP contribution in [0, 0.1) is 0 Å². The predicted molar refractivity (Wildman–Crippen MR) is 85.4 cm³/mol. The summed E-state index contributed by atoms with van der Waals surface area (Å²) >= 11 is 0. The van der Waals surface area contributed by atoms with Crippen LogP contribution in [0.4, 0.5) is 5.82 Å². The van der Waals surface area contributed by atoms with Crippen molar-refractivity contribution < 1.29 is 0 Å². The molecular weight excluding hydrogens is 262 g/mol. The van der Waals surface area contributed by atoms with Crippen molar-refractivity contribution in [1.82, 2.24) is 20.2 Å². The number of rotatable bonds is 4. The lowest BCUT2D eigenvalue weighted by Gasteiger charge is -2.42. The van der Waals surface area contributed by atoms with Crippen molar-refractivity contribution in [2.45, 2.75) is 51.7 Å². The van der Waals surface area contributed by atoms with E-state index in [1.807, 2.05) is 12.4 Å². The molecule has 116 valence electrons. The molecular formula is C16H27N5. The third-order valence-corrected chi connectivity index (χ3v) is 4.39. The number of anilines is 1. The molecule has 1 aromatic heterocycles. The molecule has 2 fully saturated rings. The Kier molecular flexibility index (Phi) is 4.13. The topological polar surface area (TPSA) is 44.3 Å². The fraction of sp³-hybridized carbons (Fsp3) is 0.750. The van der Waals surface area contributed by atoms with Crippen molar-refractivity contribution in [2.24, 2.45) is 0 Å². The smallest absolute Gasteiger partial charge is 0.147 e. The zero-order valence-electron chi connectivity index (χ0n) is 13.5. The molecule has 0 amide bonds. The first-order valence-electron chi connectivity index (χ1n) is 8.07. The van der Waals surface area contributed by atoms with Crippen molar-refractivity contribution in [3.63, 3.8) is 0 Å². The van der Waals surface area contributed by atoms with Crippen molar-refractivity contribution >= 4 is 5.82 Å². The summed E-state index contributed by atoms with van der Waals surface area (Å²) in [6.07, 6.45) is 6.46. The highest BCUT2D eigenvalue weighted by Gasteiger charge is 2.26. The first kappa shape index (κ1) is 14.7. The molecule has 1 aromatic rings. The molecule has 5 heteroatoms. The van der Waals surface area contributed by atoms with Gasteiger partial charge in [-0.1, -0.05) is 0 Å². The highest BCUT2D eigenvalue weighted by molar-refractivity contribution is 5.36. The first-order valence-corrected chi connectivity index (χ1v) is 8.07. The average Bonchev–Trinajstić information content (AvgIpc) is 3.29. The van der Waals surface area contributed by atoms with Crippen LogP contribution in [0.1, 0.15) is 39.3 Å². The van der Waals surface area contributed by atoms with Gasteiger partial charge in [0.15, 0.2) is 0 Å². The molecule has 3 rings (SSSR count). The summed E-state index contributed by atoms with van der Waals surface area (Å²) in [5.41, 5.74) is 1.30. The summed E-state index contributed by atoms with van der Waals surface area (Å²) in [6.45, 7) is 11.9. The van der Waals surface area contributed by atoms with Crippen molar-refractivity contribution in [3.05, 3.63) is 18.1 Å². The number of nitrogens with one attached hydrogen (secondary N) is 1. The van der Waals surface area contributed by atoms with Crippen molar-refractivity contribution in [1.29, 1.82) is 0 Å². The van der Waals surface area contributed by atoms with E-state index in [-0.39, 0.29) is 5.54 Å². The van der Waals surface area contributed by atoms with Crippen LogP contribution in [0.2, 0.25) is 0 Å². The molecule has 0 atom stereocenters. The van der Waals surface area contributed by atoms with Crippen molar-refractivity contribution in [2.75, 3.05) is 31.1 Å². The van der Waals surface area contributed by atoms with E-state index in [9.17, 15) is 0 Å². The first-order chi connectivity index (χ1) is 10.0. The Bertz CT molecular complexity index is 453. The summed E-state index contributed by atoms with van der Waals surface area (Å²) in [6, 6.07) is 0.719. The maximum Gasteiger partial charge on any atom is 0.147 e. The molecule has 0 bridgehead atoms. The van der Waals surface area contributed by atoms with E-state index in [1.54, 1.807) is 0 Å². The van der Waals surface area contributed by atoms with Crippen LogP contribution in [0.25, 0.3) is 0 Å². The van der Waals surface area contributed by atoms with Gasteiger partial charge in [0.05, 0.1) is 18.1 Å². The fourth-order valence-corrected chi connectivity index (χ4v) is 2.75. The van der Waals surface area contributed by atoms with E-state index in [0.29, 0.717) is 0 Å². The summed E-state index contributed by atoms with van der Waals surface area (Å²) in [4.78, 5) is 14.0. The molecule has 0 unspecified atom stereocenters. The lowest BCUT2D eigenvalue weighted by Crippen LogP contribution is -2.53. The average molecular weight is 289 g/mol. The van der Waals surface area contributed by atoms with Crippen LogP contribution in [-0.2, 0) is 6.54 Å². The summed E-state index contributed by atoms with van der Waals surface area (Å²) in [7, 11) is 0. The SMILES string of the molecule is CC(C)(C)N1CCN(c2cnc(CNC3CC3)cn2)CC1. The Morgan fingerprint density at radius 2 is 1.81 bits per heavy atom. The number of hydrogen-bond donors (Lipinski definition) is 1. The molecule has 0 aromatic carbocycles. The minimum absolute atomic E-state index is 0.260. The molecule has 2 heterocycles. The van der Waals surface area contributed by atoms with Gasteiger partial charge < -0.3 is 10.2 Å². The lowest BCUT2D eigenvalue weighted by atomic mass is 10.1. The third kappa shape index (κ3) is 3.92. The van der Waals surface area contributed by atoms with Crippen LogP contribution in [0.5, 0.6) is 0 Å². The highest BCUT2D eigenvalue weighted by Crippen LogP contribution is 2.20. The third-order valence-electron chi connectivity index (χ3n) is 4.39. The lowest BCUT2D eigenvalue weighted by molar-refractivity contribution is 0.128. The van der Waals surface area contributed by atoms with Gasteiger partial charge in [-0.15, -0.1) is 0 Å². The Balaban J connectivity index is 1.52. The van der Waals surface area contributed by atoms with Crippen molar-refractivity contribution in [3.8, 4) is 0 Å². The van der Waals surface area contributed by atoms with E-state index < -0.39 is 0 Å². The monoisotopic (exact) mass is 289 g/mol.